The number of carbonyl (C=O) groups excluding carboxylic acids is 1. The van der Waals surface area contributed by atoms with Gasteiger partial charge in [-0.1, -0.05) is 13.3 Å². The van der Waals surface area contributed by atoms with Gasteiger partial charge in [-0.3, -0.25) is 4.79 Å². The zero-order chi connectivity index (χ0) is 12.7. The maximum Gasteiger partial charge on any atom is 0.322 e. The Morgan fingerprint density at radius 2 is 2.00 bits per heavy atom. The van der Waals surface area contributed by atoms with E-state index >= 15 is 0 Å². The number of esters is 1. The number of ether oxygens (including phenoxy) is 1. The van der Waals surface area contributed by atoms with Crippen molar-refractivity contribution in [2.24, 2.45) is 0 Å². The number of nitrogens with zero attached hydrogens (tertiary/aromatic N) is 1. The Kier molecular flexibility index (Phi) is 6.52. The molecule has 2 atom stereocenters. The van der Waals surface area contributed by atoms with Gasteiger partial charge in [-0.15, -0.1) is 0 Å². The van der Waals surface area contributed by atoms with Gasteiger partial charge in [0.25, 0.3) is 0 Å². The van der Waals surface area contributed by atoms with Gasteiger partial charge in [0.1, 0.15) is 6.04 Å². The van der Waals surface area contributed by atoms with E-state index in [2.05, 4.69) is 17.1 Å². The van der Waals surface area contributed by atoms with Crippen molar-refractivity contribution in [3.05, 3.63) is 0 Å². The largest absolute Gasteiger partial charge is 0.468 e. The maximum atomic E-state index is 11.5. The summed E-state index contributed by atoms with van der Waals surface area (Å²) < 4.78 is 4.78. The highest BCUT2D eigenvalue weighted by Gasteiger charge is 2.20. The van der Waals surface area contributed by atoms with Crippen LogP contribution in [0.4, 0.5) is 0 Å². The van der Waals surface area contributed by atoms with Crippen LogP contribution in [0.1, 0.15) is 39.5 Å². The van der Waals surface area contributed by atoms with Gasteiger partial charge in [0.15, 0.2) is 0 Å². The third-order valence-electron chi connectivity index (χ3n) is 3.36. The number of hydrogen-bond donors (Lipinski definition) is 1. The first-order valence-corrected chi connectivity index (χ1v) is 6.73. The fraction of sp³-hybridized carbons (Fsp3) is 0.923. The van der Waals surface area contributed by atoms with Crippen LogP contribution in [0, 0.1) is 0 Å². The molecule has 0 aromatic rings. The molecule has 0 aliphatic carbocycles. The number of likely N-dealkylation sites (tertiary alicyclic amines) is 1. The molecule has 1 aliphatic heterocycles. The first kappa shape index (κ1) is 14.5. The monoisotopic (exact) mass is 242 g/mol. The molecule has 1 saturated heterocycles. The van der Waals surface area contributed by atoms with Gasteiger partial charge in [0.2, 0.25) is 0 Å². The summed E-state index contributed by atoms with van der Waals surface area (Å²) in [7, 11) is 1.45. The molecule has 2 unspecified atom stereocenters. The second-order valence-corrected chi connectivity index (χ2v) is 4.91. The SMILES string of the molecule is CCC(NC(C)CN1CCCCC1)C(=O)OC. The highest BCUT2D eigenvalue weighted by atomic mass is 16.5. The lowest BCUT2D eigenvalue weighted by Gasteiger charge is -2.30. The normalized spacial score (nSPS) is 20.9. The summed E-state index contributed by atoms with van der Waals surface area (Å²) in [6.07, 6.45) is 4.75. The summed E-state index contributed by atoms with van der Waals surface area (Å²) in [6, 6.07) is 0.164. The summed E-state index contributed by atoms with van der Waals surface area (Å²) in [6.45, 7) is 7.55. The van der Waals surface area contributed by atoms with E-state index in [-0.39, 0.29) is 12.0 Å². The van der Waals surface area contributed by atoms with Crippen molar-refractivity contribution in [3.63, 3.8) is 0 Å². The van der Waals surface area contributed by atoms with Crippen LogP contribution >= 0.6 is 0 Å². The van der Waals surface area contributed by atoms with Crippen molar-refractivity contribution in [2.75, 3.05) is 26.7 Å². The molecule has 17 heavy (non-hydrogen) atoms. The number of carbonyl (C=O) groups is 1. The summed E-state index contributed by atoms with van der Waals surface area (Å²) in [5.74, 6) is -0.155. The first-order valence-electron chi connectivity index (χ1n) is 6.73. The second kappa shape index (κ2) is 7.67. The molecule has 1 heterocycles. The zero-order valence-electron chi connectivity index (χ0n) is 11.4. The first-order chi connectivity index (χ1) is 8.17. The van der Waals surface area contributed by atoms with Crippen molar-refractivity contribution >= 4 is 5.97 Å². The number of hydrogen-bond acceptors (Lipinski definition) is 4. The van der Waals surface area contributed by atoms with Crippen molar-refractivity contribution < 1.29 is 9.53 Å². The van der Waals surface area contributed by atoms with Crippen molar-refractivity contribution in [3.8, 4) is 0 Å². The molecule has 0 spiro atoms. The molecule has 1 fully saturated rings. The van der Waals surface area contributed by atoms with Crippen LogP contribution in [-0.2, 0) is 9.53 Å². The predicted octanol–water partition coefficient (Wildman–Crippen LogP) is 1.40. The van der Waals surface area contributed by atoms with E-state index in [4.69, 9.17) is 4.74 Å². The van der Waals surface area contributed by atoms with E-state index in [9.17, 15) is 4.79 Å². The molecule has 0 bridgehead atoms. The summed E-state index contributed by atoms with van der Waals surface area (Å²) in [5.41, 5.74) is 0. The van der Waals surface area contributed by atoms with Gasteiger partial charge < -0.3 is 15.0 Å². The van der Waals surface area contributed by atoms with Crippen LogP contribution in [0.15, 0.2) is 0 Å². The summed E-state index contributed by atoms with van der Waals surface area (Å²) in [4.78, 5) is 13.9. The second-order valence-electron chi connectivity index (χ2n) is 4.91. The van der Waals surface area contributed by atoms with Crippen LogP contribution in [0.2, 0.25) is 0 Å². The molecule has 100 valence electrons. The fourth-order valence-corrected chi connectivity index (χ4v) is 2.42. The standard InChI is InChI=1S/C13H26N2O2/c1-4-12(13(16)17-3)14-11(2)10-15-8-6-5-7-9-15/h11-12,14H,4-10H2,1-3H3. The summed E-state index contributed by atoms with van der Waals surface area (Å²) in [5, 5.41) is 3.35. The Morgan fingerprint density at radius 1 is 1.35 bits per heavy atom. The minimum absolute atomic E-state index is 0.155. The van der Waals surface area contributed by atoms with Crippen LogP contribution in [0.25, 0.3) is 0 Å². The van der Waals surface area contributed by atoms with Gasteiger partial charge in [-0.05, 0) is 39.3 Å². The van der Waals surface area contributed by atoms with E-state index in [0.29, 0.717) is 6.04 Å². The molecule has 0 radical (unpaired) electrons. The van der Waals surface area contributed by atoms with Crippen molar-refractivity contribution in [1.82, 2.24) is 10.2 Å². The molecule has 0 aromatic carbocycles. The van der Waals surface area contributed by atoms with Gasteiger partial charge in [-0.2, -0.15) is 0 Å². The molecule has 1 aliphatic rings. The van der Waals surface area contributed by atoms with Gasteiger partial charge >= 0.3 is 5.97 Å². The molecule has 0 amide bonds. The smallest absolute Gasteiger partial charge is 0.322 e. The van der Waals surface area contributed by atoms with Crippen LogP contribution in [-0.4, -0.2) is 49.7 Å². The Hall–Kier alpha value is -0.610. The molecule has 1 rings (SSSR count). The Bertz CT molecular complexity index is 227. The van der Waals surface area contributed by atoms with Crippen molar-refractivity contribution in [2.45, 2.75) is 51.6 Å². The molecular weight excluding hydrogens is 216 g/mol. The van der Waals surface area contributed by atoms with E-state index in [1.807, 2.05) is 6.92 Å². The molecule has 1 N–H and O–H groups in total. The minimum atomic E-state index is -0.167. The maximum absolute atomic E-state index is 11.5. The highest BCUT2D eigenvalue weighted by Crippen LogP contribution is 2.09. The van der Waals surface area contributed by atoms with E-state index in [0.717, 1.165) is 13.0 Å². The van der Waals surface area contributed by atoms with E-state index in [1.165, 1.54) is 39.5 Å². The minimum Gasteiger partial charge on any atom is -0.468 e. The zero-order valence-corrected chi connectivity index (χ0v) is 11.4. The van der Waals surface area contributed by atoms with Gasteiger partial charge in [0, 0.05) is 12.6 Å². The predicted molar refractivity (Wildman–Crippen MR) is 69.0 cm³/mol. The van der Waals surface area contributed by atoms with Gasteiger partial charge in [-0.25, -0.2) is 0 Å². The average Bonchev–Trinajstić information content (AvgIpc) is 2.36. The topological polar surface area (TPSA) is 41.6 Å². The number of rotatable bonds is 6. The Balaban J connectivity index is 2.30. The summed E-state index contributed by atoms with van der Waals surface area (Å²) >= 11 is 0. The Morgan fingerprint density at radius 3 is 2.53 bits per heavy atom. The lowest BCUT2D eigenvalue weighted by molar-refractivity contribution is -0.143. The molecule has 4 nitrogen and oxygen atoms in total. The van der Waals surface area contributed by atoms with E-state index in [1.54, 1.807) is 0 Å². The Labute approximate surface area is 105 Å². The van der Waals surface area contributed by atoms with E-state index < -0.39 is 0 Å². The lowest BCUT2D eigenvalue weighted by Crippen LogP contribution is -2.48. The fourth-order valence-electron chi connectivity index (χ4n) is 2.42. The number of piperidine rings is 1. The molecule has 0 saturated carbocycles. The number of nitrogens with one attached hydrogen (secondary N) is 1. The molecule has 4 heteroatoms. The number of methoxy groups -OCH3 is 1. The molecule has 0 aromatic heterocycles. The van der Waals surface area contributed by atoms with Crippen LogP contribution in [0.5, 0.6) is 0 Å². The quantitative estimate of drug-likeness (QED) is 0.715. The highest BCUT2D eigenvalue weighted by molar-refractivity contribution is 5.75. The van der Waals surface area contributed by atoms with Crippen LogP contribution < -0.4 is 5.32 Å². The van der Waals surface area contributed by atoms with Gasteiger partial charge in [0.05, 0.1) is 7.11 Å². The van der Waals surface area contributed by atoms with Crippen molar-refractivity contribution in [1.29, 1.82) is 0 Å². The third kappa shape index (κ3) is 5.04. The molecular formula is C13H26N2O2. The lowest BCUT2D eigenvalue weighted by atomic mass is 10.1. The third-order valence-corrected chi connectivity index (χ3v) is 3.36. The van der Waals surface area contributed by atoms with Crippen LogP contribution in [0.3, 0.4) is 0 Å². The average molecular weight is 242 g/mol.